The Labute approximate surface area is 156 Å². The van der Waals surface area contributed by atoms with E-state index in [1.807, 2.05) is 0 Å². The molecule has 6 heteroatoms. The lowest BCUT2D eigenvalue weighted by Crippen LogP contribution is -2.37. The van der Waals surface area contributed by atoms with Gasteiger partial charge in [-0.25, -0.2) is 0 Å². The van der Waals surface area contributed by atoms with Crippen molar-refractivity contribution in [1.29, 1.82) is 0 Å². The van der Waals surface area contributed by atoms with Crippen LogP contribution in [0.25, 0.3) is 0 Å². The number of rotatable bonds is 7. The lowest BCUT2D eigenvalue weighted by molar-refractivity contribution is 0.380. The summed E-state index contributed by atoms with van der Waals surface area (Å²) in [6, 6.07) is 6.50. The van der Waals surface area contributed by atoms with Crippen LogP contribution >= 0.6 is 0 Å². The Morgan fingerprint density at radius 2 is 1.88 bits per heavy atom. The number of nitrogens with one attached hydrogen (secondary N) is 2. The molecule has 1 aromatic carbocycles. The topological polar surface area (TPSA) is 65.7 Å². The quantitative estimate of drug-likeness (QED) is 0.589. The number of benzene rings is 1. The standard InChI is InChI=1S/C20H31N5O/c1-7-17-16(19(8-2)26-24-17)13-23-20(21-4)22-12-15-10-9-14(3)11-18(15)25(5)6/h9-11H,7-8,12-13H2,1-6H3,(H2,21,22,23). The van der Waals surface area contributed by atoms with Crippen LogP contribution in [0.3, 0.4) is 0 Å². The first-order chi connectivity index (χ1) is 12.5. The van der Waals surface area contributed by atoms with Crippen LogP contribution in [0.5, 0.6) is 0 Å². The van der Waals surface area contributed by atoms with Gasteiger partial charge in [-0.3, -0.25) is 4.99 Å². The molecule has 0 atom stereocenters. The van der Waals surface area contributed by atoms with Gasteiger partial charge in [-0.05, 0) is 30.5 Å². The van der Waals surface area contributed by atoms with E-state index < -0.39 is 0 Å². The summed E-state index contributed by atoms with van der Waals surface area (Å²) in [5.41, 5.74) is 5.86. The Kier molecular flexibility index (Phi) is 7.06. The van der Waals surface area contributed by atoms with Crippen molar-refractivity contribution in [2.24, 2.45) is 4.99 Å². The van der Waals surface area contributed by atoms with Gasteiger partial charge in [0.2, 0.25) is 0 Å². The Morgan fingerprint density at radius 1 is 1.15 bits per heavy atom. The van der Waals surface area contributed by atoms with E-state index in [0.717, 1.165) is 35.8 Å². The first-order valence-electron chi connectivity index (χ1n) is 9.17. The van der Waals surface area contributed by atoms with Crippen molar-refractivity contribution < 1.29 is 4.52 Å². The van der Waals surface area contributed by atoms with Gasteiger partial charge in [0, 0.05) is 51.9 Å². The van der Waals surface area contributed by atoms with Crippen molar-refractivity contribution in [2.75, 3.05) is 26.0 Å². The molecular weight excluding hydrogens is 326 g/mol. The molecule has 2 aromatic rings. The Morgan fingerprint density at radius 3 is 2.50 bits per heavy atom. The number of guanidine groups is 1. The van der Waals surface area contributed by atoms with Crippen LogP contribution in [0.4, 0.5) is 5.69 Å². The van der Waals surface area contributed by atoms with Crippen molar-refractivity contribution >= 4 is 11.6 Å². The second kappa shape index (κ2) is 9.27. The van der Waals surface area contributed by atoms with Crippen LogP contribution in [-0.4, -0.2) is 32.3 Å². The van der Waals surface area contributed by atoms with Crippen molar-refractivity contribution in [3.05, 3.63) is 46.3 Å². The third-order valence-electron chi connectivity index (χ3n) is 4.43. The van der Waals surface area contributed by atoms with Gasteiger partial charge in [-0.2, -0.15) is 0 Å². The maximum absolute atomic E-state index is 5.43. The van der Waals surface area contributed by atoms with Gasteiger partial charge in [0.15, 0.2) is 5.96 Å². The minimum Gasteiger partial charge on any atom is -0.377 e. The summed E-state index contributed by atoms with van der Waals surface area (Å²) in [5, 5.41) is 10.9. The summed E-state index contributed by atoms with van der Waals surface area (Å²) in [6.45, 7) is 7.65. The molecule has 0 spiro atoms. The van der Waals surface area contributed by atoms with Crippen LogP contribution in [0.1, 0.15) is 42.0 Å². The van der Waals surface area contributed by atoms with Gasteiger partial charge < -0.3 is 20.1 Å². The number of hydrogen-bond acceptors (Lipinski definition) is 4. The molecule has 0 bridgehead atoms. The highest BCUT2D eigenvalue weighted by Crippen LogP contribution is 2.20. The molecule has 6 nitrogen and oxygen atoms in total. The second-order valence-electron chi connectivity index (χ2n) is 6.54. The molecule has 0 unspecified atom stereocenters. The van der Waals surface area contributed by atoms with Gasteiger partial charge in [0.25, 0.3) is 0 Å². The number of anilines is 1. The number of aliphatic imine (C=N–C) groups is 1. The summed E-state index contributed by atoms with van der Waals surface area (Å²) in [7, 11) is 5.91. The molecule has 0 radical (unpaired) electrons. The van der Waals surface area contributed by atoms with E-state index >= 15 is 0 Å². The van der Waals surface area contributed by atoms with Gasteiger partial charge >= 0.3 is 0 Å². The highest BCUT2D eigenvalue weighted by atomic mass is 16.5. The molecule has 0 fully saturated rings. The summed E-state index contributed by atoms with van der Waals surface area (Å²) in [6.07, 6.45) is 1.70. The fourth-order valence-electron chi connectivity index (χ4n) is 2.95. The van der Waals surface area contributed by atoms with Crippen LogP contribution in [-0.2, 0) is 25.9 Å². The molecule has 0 amide bonds. The van der Waals surface area contributed by atoms with Crippen molar-refractivity contribution in [3.63, 3.8) is 0 Å². The largest absolute Gasteiger partial charge is 0.377 e. The second-order valence-corrected chi connectivity index (χ2v) is 6.54. The van der Waals surface area contributed by atoms with E-state index in [1.54, 1.807) is 7.05 Å². The van der Waals surface area contributed by atoms with Crippen molar-refractivity contribution in [2.45, 2.75) is 46.7 Å². The molecule has 2 N–H and O–H groups in total. The molecule has 0 saturated heterocycles. The zero-order valence-corrected chi connectivity index (χ0v) is 16.8. The Balaban J connectivity index is 2.02. The average molecular weight is 358 g/mol. The summed E-state index contributed by atoms with van der Waals surface area (Å²) >= 11 is 0. The normalized spacial score (nSPS) is 11.5. The smallest absolute Gasteiger partial charge is 0.191 e. The number of nitrogens with zero attached hydrogens (tertiary/aromatic N) is 3. The highest BCUT2D eigenvalue weighted by molar-refractivity contribution is 5.79. The van der Waals surface area contributed by atoms with Crippen molar-refractivity contribution in [1.82, 2.24) is 15.8 Å². The molecule has 1 heterocycles. The molecule has 1 aromatic heterocycles. The van der Waals surface area contributed by atoms with E-state index in [-0.39, 0.29) is 0 Å². The van der Waals surface area contributed by atoms with E-state index in [9.17, 15) is 0 Å². The molecule has 0 aliphatic rings. The third kappa shape index (κ3) is 4.77. The molecule has 26 heavy (non-hydrogen) atoms. The van der Waals surface area contributed by atoms with E-state index in [0.29, 0.717) is 13.1 Å². The average Bonchev–Trinajstić information content (AvgIpc) is 3.04. The minimum atomic E-state index is 0.657. The summed E-state index contributed by atoms with van der Waals surface area (Å²) in [4.78, 5) is 6.47. The Bertz CT molecular complexity index is 727. The summed E-state index contributed by atoms with van der Waals surface area (Å²) in [5.74, 6) is 1.71. The minimum absolute atomic E-state index is 0.657. The SMILES string of the molecule is CCc1noc(CC)c1CNC(=NC)NCc1ccc(C)cc1N(C)C. The summed E-state index contributed by atoms with van der Waals surface area (Å²) < 4.78 is 5.43. The number of aromatic nitrogens is 1. The zero-order valence-electron chi connectivity index (χ0n) is 16.8. The van der Waals surface area contributed by atoms with E-state index in [4.69, 9.17) is 4.52 Å². The van der Waals surface area contributed by atoms with Gasteiger partial charge in [0.05, 0.1) is 5.69 Å². The lowest BCUT2D eigenvalue weighted by Gasteiger charge is -2.19. The lowest BCUT2D eigenvalue weighted by atomic mass is 10.1. The number of aryl methyl sites for hydroxylation is 3. The maximum Gasteiger partial charge on any atom is 0.191 e. The predicted molar refractivity (Wildman–Crippen MR) is 108 cm³/mol. The van der Waals surface area contributed by atoms with Crippen LogP contribution in [0.15, 0.2) is 27.7 Å². The van der Waals surface area contributed by atoms with Crippen LogP contribution in [0.2, 0.25) is 0 Å². The van der Waals surface area contributed by atoms with E-state index in [2.05, 4.69) is 78.7 Å². The van der Waals surface area contributed by atoms with Crippen molar-refractivity contribution in [3.8, 4) is 0 Å². The monoisotopic (exact) mass is 357 g/mol. The zero-order chi connectivity index (χ0) is 19.1. The molecule has 142 valence electrons. The number of hydrogen-bond donors (Lipinski definition) is 2. The first kappa shape index (κ1) is 19.8. The molecule has 0 aliphatic heterocycles. The van der Waals surface area contributed by atoms with Crippen LogP contribution < -0.4 is 15.5 Å². The molecular formula is C20H31N5O. The van der Waals surface area contributed by atoms with Crippen LogP contribution in [0, 0.1) is 6.92 Å². The van der Waals surface area contributed by atoms with E-state index in [1.165, 1.54) is 16.8 Å². The predicted octanol–water partition coefficient (Wildman–Crippen LogP) is 3.04. The molecule has 0 aliphatic carbocycles. The molecule has 2 rings (SSSR count). The molecule has 0 saturated carbocycles. The first-order valence-corrected chi connectivity index (χ1v) is 9.17. The van der Waals surface area contributed by atoms with Gasteiger partial charge in [0.1, 0.15) is 5.76 Å². The van der Waals surface area contributed by atoms with Gasteiger partial charge in [-0.15, -0.1) is 0 Å². The fourth-order valence-corrected chi connectivity index (χ4v) is 2.95. The maximum atomic E-state index is 5.43. The Hall–Kier alpha value is -2.50. The highest BCUT2D eigenvalue weighted by Gasteiger charge is 2.14. The van der Waals surface area contributed by atoms with Gasteiger partial charge in [-0.1, -0.05) is 31.1 Å². The fraction of sp³-hybridized carbons (Fsp3) is 0.500. The third-order valence-corrected chi connectivity index (χ3v) is 4.43.